The molecule has 1 aliphatic rings. The van der Waals surface area contributed by atoms with Crippen molar-refractivity contribution in [2.75, 3.05) is 5.32 Å². The molecule has 120 valence electrons. The number of rotatable bonds is 5. The van der Waals surface area contributed by atoms with Crippen LogP contribution in [0.15, 0.2) is 18.2 Å². The first-order valence-electron chi connectivity index (χ1n) is 6.79. The first kappa shape index (κ1) is 15.5. The van der Waals surface area contributed by atoms with Crippen molar-refractivity contribution in [2.45, 2.75) is 12.8 Å². The van der Waals surface area contributed by atoms with Crippen molar-refractivity contribution in [1.82, 2.24) is 10.2 Å². The minimum Gasteiger partial charge on any atom is -0.481 e. The molecular weight excluding hydrogens is 328 g/mol. The lowest BCUT2D eigenvalue weighted by Gasteiger charge is -2.09. The van der Waals surface area contributed by atoms with Crippen LogP contribution in [-0.2, 0) is 9.59 Å². The van der Waals surface area contributed by atoms with Gasteiger partial charge in [-0.3, -0.25) is 14.9 Å². The summed E-state index contributed by atoms with van der Waals surface area (Å²) in [4.78, 5) is 23.1. The Labute approximate surface area is 133 Å². The van der Waals surface area contributed by atoms with Gasteiger partial charge in [0.15, 0.2) is 5.01 Å². The van der Waals surface area contributed by atoms with Crippen LogP contribution in [0.5, 0.6) is 0 Å². The lowest BCUT2D eigenvalue weighted by molar-refractivity contribution is -0.146. The number of carbonyl (C=O) groups excluding carboxylic acids is 1. The smallest absolute Gasteiger partial charge is 0.316 e. The van der Waals surface area contributed by atoms with Crippen LogP contribution in [-0.4, -0.2) is 27.2 Å². The van der Waals surface area contributed by atoms with Crippen molar-refractivity contribution in [3.8, 4) is 10.6 Å². The predicted octanol–water partition coefficient (Wildman–Crippen LogP) is 2.53. The Bertz CT molecular complexity index is 756. The fraction of sp³-hybridized carbons (Fsp3) is 0.286. The third-order valence-electron chi connectivity index (χ3n) is 3.47. The Morgan fingerprint density at radius 1 is 1.26 bits per heavy atom. The van der Waals surface area contributed by atoms with Crippen LogP contribution in [0.4, 0.5) is 13.9 Å². The van der Waals surface area contributed by atoms with E-state index < -0.39 is 29.4 Å². The van der Waals surface area contributed by atoms with E-state index in [0.29, 0.717) is 12.8 Å². The van der Waals surface area contributed by atoms with Gasteiger partial charge in [0, 0.05) is 0 Å². The second-order valence-corrected chi connectivity index (χ2v) is 6.13. The number of carboxylic acids is 1. The molecule has 0 aliphatic heterocycles. The summed E-state index contributed by atoms with van der Waals surface area (Å²) in [5, 5.41) is 18.7. The molecule has 0 saturated heterocycles. The first-order valence-corrected chi connectivity index (χ1v) is 7.60. The third kappa shape index (κ3) is 3.19. The zero-order valence-electron chi connectivity index (χ0n) is 11.6. The van der Waals surface area contributed by atoms with Gasteiger partial charge in [0.2, 0.25) is 11.0 Å². The molecule has 3 rings (SSSR count). The monoisotopic (exact) mass is 339 g/mol. The molecule has 1 saturated carbocycles. The number of nitrogens with zero attached hydrogens (tertiary/aromatic N) is 2. The summed E-state index contributed by atoms with van der Waals surface area (Å²) < 4.78 is 27.4. The lowest BCUT2D eigenvalue weighted by Crippen LogP contribution is -2.31. The molecule has 1 aliphatic carbocycles. The van der Waals surface area contributed by atoms with Crippen molar-refractivity contribution in [3.63, 3.8) is 0 Å². The normalized spacial score (nSPS) is 15.2. The number of benzene rings is 1. The molecule has 1 heterocycles. The number of aromatic nitrogens is 2. The summed E-state index contributed by atoms with van der Waals surface area (Å²) in [6.07, 6.45) is 1.37. The predicted molar refractivity (Wildman–Crippen MR) is 77.7 cm³/mol. The highest BCUT2D eigenvalue weighted by molar-refractivity contribution is 7.18. The van der Waals surface area contributed by atoms with Crippen molar-refractivity contribution < 1.29 is 23.5 Å². The average molecular weight is 339 g/mol. The Hall–Kier alpha value is -2.42. The minimum absolute atomic E-state index is 0.000414. The Morgan fingerprint density at radius 3 is 2.48 bits per heavy atom. The third-order valence-corrected chi connectivity index (χ3v) is 4.33. The van der Waals surface area contributed by atoms with Crippen LogP contribution < -0.4 is 5.32 Å². The molecule has 1 unspecified atom stereocenters. The van der Waals surface area contributed by atoms with Gasteiger partial charge >= 0.3 is 5.97 Å². The van der Waals surface area contributed by atoms with Gasteiger partial charge in [0.25, 0.3) is 0 Å². The van der Waals surface area contributed by atoms with Crippen LogP contribution >= 0.6 is 11.3 Å². The Balaban J connectivity index is 1.80. The van der Waals surface area contributed by atoms with Crippen LogP contribution in [0.1, 0.15) is 12.8 Å². The maximum Gasteiger partial charge on any atom is 0.316 e. The summed E-state index contributed by atoms with van der Waals surface area (Å²) in [6, 6.07) is 3.40. The van der Waals surface area contributed by atoms with Gasteiger partial charge in [0.05, 0.1) is 5.56 Å². The summed E-state index contributed by atoms with van der Waals surface area (Å²) in [6.45, 7) is 0. The fourth-order valence-corrected chi connectivity index (χ4v) is 3.01. The van der Waals surface area contributed by atoms with Gasteiger partial charge in [-0.2, -0.15) is 0 Å². The van der Waals surface area contributed by atoms with E-state index >= 15 is 0 Å². The van der Waals surface area contributed by atoms with Crippen molar-refractivity contribution >= 4 is 28.3 Å². The van der Waals surface area contributed by atoms with Gasteiger partial charge < -0.3 is 5.11 Å². The highest BCUT2D eigenvalue weighted by Gasteiger charge is 2.41. The van der Waals surface area contributed by atoms with Crippen LogP contribution in [0, 0.1) is 23.5 Å². The van der Waals surface area contributed by atoms with Crippen molar-refractivity contribution in [1.29, 1.82) is 0 Å². The fourth-order valence-electron chi connectivity index (χ4n) is 2.22. The number of amides is 1. The van der Waals surface area contributed by atoms with Crippen LogP contribution in [0.25, 0.3) is 10.6 Å². The van der Waals surface area contributed by atoms with E-state index in [1.807, 2.05) is 0 Å². The molecule has 9 heteroatoms. The molecule has 6 nitrogen and oxygen atoms in total. The zero-order valence-corrected chi connectivity index (χ0v) is 12.4. The standard InChI is InChI=1S/C14H11F2N3O3S/c15-7-2-1-3-8(16)10(7)12-18-19-14(23-12)17-11(20)9(13(21)22)6-4-5-6/h1-3,6,9H,4-5H2,(H,21,22)(H,17,19,20). The maximum atomic E-state index is 13.7. The van der Waals surface area contributed by atoms with Crippen molar-refractivity contribution in [3.05, 3.63) is 29.8 Å². The SMILES string of the molecule is O=C(O)C(C(=O)Nc1nnc(-c2c(F)cccc2F)s1)C1CC1. The first-order chi connectivity index (χ1) is 11.0. The van der Waals surface area contributed by atoms with Gasteiger partial charge in [-0.15, -0.1) is 10.2 Å². The molecular formula is C14H11F2N3O3S. The highest BCUT2D eigenvalue weighted by Crippen LogP contribution is 2.38. The molecule has 1 aromatic carbocycles. The van der Waals surface area contributed by atoms with E-state index in [0.717, 1.165) is 23.5 Å². The van der Waals surface area contributed by atoms with E-state index in [1.54, 1.807) is 0 Å². The van der Waals surface area contributed by atoms with Crippen molar-refractivity contribution in [2.24, 2.45) is 11.8 Å². The number of hydrogen-bond acceptors (Lipinski definition) is 5. The number of anilines is 1. The second-order valence-electron chi connectivity index (χ2n) is 5.15. The minimum atomic E-state index is -1.20. The molecule has 0 bridgehead atoms. The quantitative estimate of drug-likeness (QED) is 0.817. The molecule has 1 aromatic heterocycles. The van der Waals surface area contributed by atoms with Gasteiger partial charge in [0.1, 0.15) is 17.6 Å². The molecule has 2 N–H and O–H groups in total. The maximum absolute atomic E-state index is 13.7. The summed E-state index contributed by atoms with van der Waals surface area (Å²) in [5.41, 5.74) is -0.331. The van der Waals surface area contributed by atoms with E-state index in [4.69, 9.17) is 5.11 Å². The largest absolute Gasteiger partial charge is 0.481 e. The summed E-state index contributed by atoms with van der Waals surface area (Å²) >= 11 is 0.777. The van der Waals surface area contributed by atoms with Crippen LogP contribution in [0.2, 0.25) is 0 Å². The average Bonchev–Trinajstić information content (AvgIpc) is 3.18. The van der Waals surface area contributed by atoms with Gasteiger partial charge in [-0.05, 0) is 30.9 Å². The molecule has 1 amide bonds. The number of carbonyl (C=O) groups is 2. The van der Waals surface area contributed by atoms with E-state index in [1.165, 1.54) is 6.07 Å². The number of hydrogen-bond donors (Lipinski definition) is 2. The second kappa shape index (κ2) is 5.99. The highest BCUT2D eigenvalue weighted by atomic mass is 32.1. The number of nitrogens with one attached hydrogen (secondary N) is 1. The van der Waals surface area contributed by atoms with Gasteiger partial charge in [-0.1, -0.05) is 17.4 Å². The molecule has 23 heavy (non-hydrogen) atoms. The van der Waals surface area contributed by atoms with E-state index in [9.17, 15) is 18.4 Å². The number of carboxylic acid groups (broad SMARTS) is 1. The Morgan fingerprint density at radius 2 is 1.91 bits per heavy atom. The zero-order chi connectivity index (χ0) is 16.6. The van der Waals surface area contributed by atoms with Gasteiger partial charge in [-0.25, -0.2) is 8.78 Å². The molecule has 1 atom stereocenters. The van der Waals surface area contributed by atoms with Crippen LogP contribution in [0.3, 0.4) is 0 Å². The molecule has 1 fully saturated rings. The lowest BCUT2D eigenvalue weighted by atomic mass is 10.0. The Kier molecular flexibility index (Phi) is 4.03. The van der Waals surface area contributed by atoms with E-state index in [-0.39, 0.29) is 21.6 Å². The topological polar surface area (TPSA) is 92.2 Å². The molecule has 0 radical (unpaired) electrons. The number of halogens is 2. The summed E-state index contributed by atoms with van der Waals surface area (Å²) in [7, 11) is 0. The number of aliphatic carboxylic acids is 1. The van der Waals surface area contributed by atoms with E-state index in [2.05, 4.69) is 15.5 Å². The molecule has 2 aromatic rings. The summed E-state index contributed by atoms with van der Waals surface area (Å²) in [5.74, 6) is -4.80. The molecule has 0 spiro atoms.